The Morgan fingerprint density at radius 3 is 2.83 bits per heavy atom. The van der Waals surface area contributed by atoms with Crippen LogP contribution in [0.5, 0.6) is 5.75 Å². The number of aromatic hydroxyl groups is 1. The number of hydrogen-bond donors (Lipinski definition) is 4. The molecule has 2 atom stereocenters. The maximum absolute atomic E-state index is 12.3. The van der Waals surface area contributed by atoms with Gasteiger partial charge < -0.3 is 20.5 Å². The lowest BCUT2D eigenvalue weighted by Gasteiger charge is -2.14. The van der Waals surface area contributed by atoms with Crippen LogP contribution in [0, 0.1) is 0 Å². The number of aromatic nitrogens is 2. The highest BCUT2D eigenvalue weighted by Crippen LogP contribution is 2.35. The third-order valence-electron chi connectivity index (χ3n) is 4.96. The number of phenols is 1. The van der Waals surface area contributed by atoms with Gasteiger partial charge in [-0.15, -0.1) is 0 Å². The summed E-state index contributed by atoms with van der Waals surface area (Å²) in [5, 5.41) is 22.2. The molecule has 0 radical (unpaired) electrons. The van der Waals surface area contributed by atoms with Crippen LogP contribution >= 0.6 is 0 Å². The summed E-state index contributed by atoms with van der Waals surface area (Å²) < 4.78 is 5.44. The molecule has 2 aromatic rings. The Balaban J connectivity index is 1.51. The van der Waals surface area contributed by atoms with Crippen molar-refractivity contribution in [2.24, 2.45) is 0 Å². The summed E-state index contributed by atoms with van der Waals surface area (Å²) in [5.41, 5.74) is 1.65. The van der Waals surface area contributed by atoms with Crippen molar-refractivity contribution >= 4 is 24.1 Å². The number of anilines is 1. The van der Waals surface area contributed by atoms with Crippen molar-refractivity contribution in [1.82, 2.24) is 15.5 Å². The first kappa shape index (κ1) is 21.4. The van der Waals surface area contributed by atoms with Crippen LogP contribution < -0.4 is 10.6 Å². The predicted molar refractivity (Wildman–Crippen MR) is 110 cm³/mol. The van der Waals surface area contributed by atoms with Crippen molar-refractivity contribution in [2.75, 3.05) is 5.32 Å². The van der Waals surface area contributed by atoms with E-state index in [1.165, 1.54) is 12.1 Å². The zero-order valence-corrected chi connectivity index (χ0v) is 17.0. The Labute approximate surface area is 174 Å². The summed E-state index contributed by atoms with van der Waals surface area (Å²) in [5.74, 6) is 0.139. The molecule has 1 aliphatic carbocycles. The number of carbonyl (C=O) groups is 3. The van der Waals surface area contributed by atoms with E-state index in [0.29, 0.717) is 24.1 Å². The van der Waals surface area contributed by atoms with Crippen LogP contribution in [-0.2, 0) is 16.0 Å². The van der Waals surface area contributed by atoms with Crippen LogP contribution in [0.4, 0.5) is 10.6 Å². The predicted octanol–water partition coefficient (Wildman–Crippen LogP) is 2.88. The molecular formula is C21H26N4O5. The van der Waals surface area contributed by atoms with Crippen LogP contribution in [0.15, 0.2) is 24.3 Å². The van der Waals surface area contributed by atoms with E-state index in [2.05, 4.69) is 20.8 Å². The highest BCUT2D eigenvalue weighted by molar-refractivity contribution is 5.91. The maximum Gasteiger partial charge on any atom is 0.407 e. The number of rotatable bonds is 7. The number of hydrogen-bond acceptors (Lipinski definition) is 6. The minimum Gasteiger partial charge on any atom is -0.507 e. The van der Waals surface area contributed by atoms with Gasteiger partial charge in [-0.25, -0.2) is 4.79 Å². The molecule has 160 valence electrons. The Kier molecular flexibility index (Phi) is 6.71. The zero-order chi connectivity index (χ0) is 21.7. The van der Waals surface area contributed by atoms with Crippen LogP contribution in [0.1, 0.15) is 60.6 Å². The fourth-order valence-corrected chi connectivity index (χ4v) is 3.53. The highest BCUT2D eigenvalue weighted by atomic mass is 16.6. The Morgan fingerprint density at radius 1 is 1.33 bits per heavy atom. The molecule has 1 saturated carbocycles. The molecule has 0 unspecified atom stereocenters. The summed E-state index contributed by atoms with van der Waals surface area (Å²) in [4.78, 5) is 34.8. The molecule has 0 saturated heterocycles. The van der Waals surface area contributed by atoms with E-state index in [4.69, 9.17) is 4.74 Å². The number of benzene rings is 1. The lowest BCUT2D eigenvalue weighted by molar-refractivity contribution is -0.115. The Bertz CT molecular complexity index is 924. The first-order chi connectivity index (χ1) is 14.3. The molecule has 0 bridgehead atoms. The van der Waals surface area contributed by atoms with E-state index in [-0.39, 0.29) is 41.7 Å². The zero-order valence-electron chi connectivity index (χ0n) is 17.0. The van der Waals surface area contributed by atoms with Gasteiger partial charge in [-0.1, -0.05) is 6.07 Å². The number of phenolic OH excluding ortho intramolecular Hbond substituents is 1. The van der Waals surface area contributed by atoms with Crippen LogP contribution in [0.3, 0.4) is 0 Å². The largest absolute Gasteiger partial charge is 0.507 e. The first-order valence-corrected chi connectivity index (χ1v) is 9.93. The first-order valence-electron chi connectivity index (χ1n) is 9.93. The van der Waals surface area contributed by atoms with Crippen molar-refractivity contribution < 1.29 is 24.2 Å². The van der Waals surface area contributed by atoms with Gasteiger partial charge >= 0.3 is 6.09 Å². The molecular weight excluding hydrogens is 388 g/mol. The molecule has 1 aliphatic rings. The minimum atomic E-state index is -0.402. The molecule has 2 amide bonds. The SMILES string of the molecule is CC(C)NC(=O)O[C@@H]1CC[C@H](c2cc(NC(=O)Cc3ccc(C=O)c(O)c3)n[nH]2)C1. The Morgan fingerprint density at radius 2 is 2.13 bits per heavy atom. The summed E-state index contributed by atoms with van der Waals surface area (Å²) in [6.45, 7) is 3.75. The molecule has 1 heterocycles. The van der Waals surface area contributed by atoms with Gasteiger partial charge in [0, 0.05) is 23.7 Å². The molecule has 1 aromatic heterocycles. The summed E-state index contributed by atoms with van der Waals surface area (Å²) in [7, 11) is 0. The molecule has 9 nitrogen and oxygen atoms in total. The van der Waals surface area contributed by atoms with Gasteiger partial charge in [-0.2, -0.15) is 5.10 Å². The number of ether oxygens (including phenoxy) is 1. The quantitative estimate of drug-likeness (QED) is 0.515. The second-order valence-electron chi connectivity index (χ2n) is 7.78. The van der Waals surface area contributed by atoms with Crippen molar-refractivity contribution in [3.63, 3.8) is 0 Å². The summed E-state index contributed by atoms with van der Waals surface area (Å²) in [6.07, 6.45) is 2.38. The average Bonchev–Trinajstić information content (AvgIpc) is 3.30. The minimum absolute atomic E-state index is 0.0281. The molecule has 4 N–H and O–H groups in total. The van der Waals surface area contributed by atoms with Gasteiger partial charge in [-0.3, -0.25) is 14.7 Å². The van der Waals surface area contributed by atoms with E-state index in [0.717, 1.165) is 18.5 Å². The topological polar surface area (TPSA) is 133 Å². The highest BCUT2D eigenvalue weighted by Gasteiger charge is 2.30. The monoisotopic (exact) mass is 414 g/mol. The van der Waals surface area contributed by atoms with Gasteiger partial charge in [0.15, 0.2) is 12.1 Å². The molecule has 0 spiro atoms. The van der Waals surface area contributed by atoms with E-state index in [1.807, 2.05) is 13.8 Å². The molecule has 30 heavy (non-hydrogen) atoms. The average molecular weight is 414 g/mol. The van der Waals surface area contributed by atoms with Crippen LogP contribution in [-0.4, -0.2) is 45.7 Å². The van der Waals surface area contributed by atoms with Crippen molar-refractivity contribution in [3.05, 3.63) is 41.1 Å². The lowest BCUT2D eigenvalue weighted by Crippen LogP contribution is -2.33. The van der Waals surface area contributed by atoms with E-state index < -0.39 is 6.09 Å². The number of nitrogens with zero attached hydrogens (tertiary/aromatic N) is 1. The number of H-pyrrole nitrogens is 1. The van der Waals surface area contributed by atoms with Gasteiger partial charge in [0.2, 0.25) is 5.91 Å². The van der Waals surface area contributed by atoms with Gasteiger partial charge in [-0.05, 0) is 50.8 Å². The molecule has 1 aromatic carbocycles. The number of nitrogens with one attached hydrogen (secondary N) is 3. The van der Waals surface area contributed by atoms with Gasteiger partial charge in [0.05, 0.1) is 12.0 Å². The second-order valence-corrected chi connectivity index (χ2v) is 7.78. The normalized spacial score (nSPS) is 18.2. The van der Waals surface area contributed by atoms with Crippen molar-refractivity contribution in [1.29, 1.82) is 0 Å². The van der Waals surface area contributed by atoms with Crippen LogP contribution in [0.25, 0.3) is 0 Å². The molecule has 3 rings (SSSR count). The second kappa shape index (κ2) is 9.43. The standard InChI is InChI=1S/C21H26N4O5/c1-12(2)22-21(29)30-16-6-5-14(9-16)17-10-19(25-24-17)23-20(28)8-13-3-4-15(11-26)18(27)7-13/h3-4,7,10-12,14,16,27H,5-6,8-9H2,1-2H3,(H,22,29)(H2,23,24,25,28)/t14-,16+/m0/s1. The van der Waals surface area contributed by atoms with E-state index >= 15 is 0 Å². The third-order valence-corrected chi connectivity index (χ3v) is 4.96. The third kappa shape index (κ3) is 5.59. The van der Waals surface area contributed by atoms with Crippen molar-refractivity contribution in [3.8, 4) is 5.75 Å². The Hall–Kier alpha value is -3.36. The molecule has 1 fully saturated rings. The number of amides is 2. The number of aldehydes is 1. The molecule has 9 heteroatoms. The van der Waals surface area contributed by atoms with E-state index in [9.17, 15) is 19.5 Å². The van der Waals surface area contributed by atoms with Gasteiger partial charge in [0.1, 0.15) is 11.9 Å². The fraction of sp³-hybridized carbons (Fsp3) is 0.429. The number of carbonyl (C=O) groups excluding carboxylic acids is 3. The number of aromatic amines is 1. The smallest absolute Gasteiger partial charge is 0.407 e. The molecule has 0 aliphatic heterocycles. The van der Waals surface area contributed by atoms with Crippen molar-refractivity contribution in [2.45, 2.75) is 57.6 Å². The summed E-state index contributed by atoms with van der Waals surface area (Å²) >= 11 is 0. The van der Waals surface area contributed by atoms with Gasteiger partial charge in [0.25, 0.3) is 0 Å². The fourth-order valence-electron chi connectivity index (χ4n) is 3.53. The van der Waals surface area contributed by atoms with E-state index in [1.54, 1.807) is 12.1 Å². The van der Waals surface area contributed by atoms with Crippen LogP contribution in [0.2, 0.25) is 0 Å². The number of alkyl carbamates (subject to hydrolysis) is 1. The lowest BCUT2D eigenvalue weighted by atomic mass is 10.0. The summed E-state index contributed by atoms with van der Waals surface area (Å²) in [6, 6.07) is 6.30. The maximum atomic E-state index is 12.3.